The first-order valence-electron chi connectivity index (χ1n) is 8.99. The number of anilines is 2. The van der Waals surface area contributed by atoms with E-state index >= 15 is 0 Å². The second-order valence-corrected chi connectivity index (χ2v) is 7.80. The van der Waals surface area contributed by atoms with Crippen molar-refractivity contribution in [3.63, 3.8) is 0 Å². The molecule has 0 spiro atoms. The molecule has 5 nitrogen and oxygen atoms in total. The Morgan fingerprint density at radius 3 is 2.75 bits per heavy atom. The molecule has 3 aromatic rings. The van der Waals surface area contributed by atoms with Crippen LogP contribution in [0.4, 0.5) is 11.4 Å². The maximum absolute atomic E-state index is 12.7. The SMILES string of the molecule is Cc1ccc(C)c(N2C(=O)CSC2c2ccccc2NC(=O)c2ccco2)c1. The van der Waals surface area contributed by atoms with E-state index in [2.05, 4.69) is 5.32 Å². The molecule has 1 saturated heterocycles. The van der Waals surface area contributed by atoms with Gasteiger partial charge in [0.15, 0.2) is 5.76 Å². The molecule has 1 unspecified atom stereocenters. The van der Waals surface area contributed by atoms with E-state index in [1.807, 2.05) is 61.2 Å². The van der Waals surface area contributed by atoms with Crippen molar-refractivity contribution >= 4 is 35.0 Å². The minimum absolute atomic E-state index is 0.0656. The lowest BCUT2D eigenvalue weighted by Gasteiger charge is -2.27. The number of carbonyl (C=O) groups is 2. The highest BCUT2D eigenvalue weighted by Gasteiger charge is 2.36. The van der Waals surface area contributed by atoms with Crippen molar-refractivity contribution in [2.45, 2.75) is 19.2 Å². The Hall–Kier alpha value is -2.99. The fourth-order valence-electron chi connectivity index (χ4n) is 3.31. The summed E-state index contributed by atoms with van der Waals surface area (Å²) in [5.41, 5.74) is 4.62. The lowest BCUT2D eigenvalue weighted by atomic mass is 10.1. The van der Waals surface area contributed by atoms with Gasteiger partial charge in [-0.1, -0.05) is 30.3 Å². The van der Waals surface area contributed by atoms with E-state index in [0.717, 1.165) is 22.4 Å². The number of rotatable bonds is 4. The van der Waals surface area contributed by atoms with Gasteiger partial charge in [0.1, 0.15) is 5.37 Å². The Morgan fingerprint density at radius 2 is 1.96 bits per heavy atom. The van der Waals surface area contributed by atoms with Crippen LogP contribution in [0.25, 0.3) is 0 Å². The highest BCUT2D eigenvalue weighted by Crippen LogP contribution is 2.45. The summed E-state index contributed by atoms with van der Waals surface area (Å²) < 4.78 is 5.19. The molecular weight excluding hydrogens is 372 g/mol. The van der Waals surface area contributed by atoms with Gasteiger partial charge in [-0.25, -0.2) is 0 Å². The number of hydrogen-bond donors (Lipinski definition) is 1. The average molecular weight is 392 g/mol. The monoisotopic (exact) mass is 392 g/mol. The molecule has 28 heavy (non-hydrogen) atoms. The number of nitrogens with one attached hydrogen (secondary N) is 1. The second kappa shape index (κ2) is 7.56. The summed E-state index contributed by atoms with van der Waals surface area (Å²) in [6.07, 6.45) is 1.47. The summed E-state index contributed by atoms with van der Waals surface area (Å²) in [6.45, 7) is 4.02. The van der Waals surface area contributed by atoms with Crippen LogP contribution in [0.3, 0.4) is 0 Å². The quantitative estimate of drug-likeness (QED) is 0.684. The maximum Gasteiger partial charge on any atom is 0.291 e. The summed E-state index contributed by atoms with van der Waals surface area (Å²) in [5, 5.41) is 2.71. The minimum Gasteiger partial charge on any atom is -0.459 e. The smallest absolute Gasteiger partial charge is 0.291 e. The van der Waals surface area contributed by atoms with E-state index in [9.17, 15) is 9.59 Å². The van der Waals surface area contributed by atoms with Gasteiger partial charge < -0.3 is 9.73 Å². The van der Waals surface area contributed by atoms with Gasteiger partial charge in [-0.15, -0.1) is 11.8 Å². The van der Waals surface area contributed by atoms with Crippen molar-refractivity contribution in [1.82, 2.24) is 0 Å². The van der Waals surface area contributed by atoms with E-state index in [0.29, 0.717) is 11.4 Å². The van der Waals surface area contributed by atoms with Crippen LogP contribution < -0.4 is 10.2 Å². The third-order valence-corrected chi connectivity index (χ3v) is 5.91. The predicted molar refractivity (Wildman–Crippen MR) is 112 cm³/mol. The molecule has 1 N–H and O–H groups in total. The molecule has 1 fully saturated rings. The summed E-state index contributed by atoms with van der Waals surface area (Å²) >= 11 is 1.56. The van der Waals surface area contributed by atoms with Crippen molar-refractivity contribution in [2.24, 2.45) is 0 Å². The molecule has 2 heterocycles. The summed E-state index contributed by atoms with van der Waals surface area (Å²) in [7, 11) is 0. The van der Waals surface area contributed by atoms with E-state index in [1.165, 1.54) is 6.26 Å². The molecule has 1 aliphatic rings. The summed E-state index contributed by atoms with van der Waals surface area (Å²) in [6, 6.07) is 17.0. The average Bonchev–Trinajstić information content (AvgIpc) is 3.34. The van der Waals surface area contributed by atoms with Gasteiger partial charge >= 0.3 is 0 Å². The molecule has 0 bridgehead atoms. The van der Waals surface area contributed by atoms with Crippen molar-refractivity contribution in [1.29, 1.82) is 0 Å². The molecule has 1 atom stereocenters. The van der Waals surface area contributed by atoms with E-state index in [-0.39, 0.29) is 22.9 Å². The zero-order valence-electron chi connectivity index (χ0n) is 15.6. The highest BCUT2D eigenvalue weighted by molar-refractivity contribution is 8.00. The third kappa shape index (κ3) is 3.43. The van der Waals surface area contributed by atoms with E-state index in [1.54, 1.807) is 23.9 Å². The van der Waals surface area contributed by atoms with E-state index in [4.69, 9.17) is 4.42 Å². The molecule has 2 aromatic carbocycles. The van der Waals surface area contributed by atoms with Crippen LogP contribution in [0.5, 0.6) is 0 Å². The molecule has 6 heteroatoms. The molecule has 1 aromatic heterocycles. The van der Waals surface area contributed by atoms with Crippen molar-refractivity contribution < 1.29 is 14.0 Å². The number of benzene rings is 2. The molecule has 0 radical (unpaired) electrons. The molecule has 2 amide bonds. The number of hydrogen-bond acceptors (Lipinski definition) is 4. The van der Waals surface area contributed by atoms with Gasteiger partial charge in [0.05, 0.1) is 12.0 Å². The number of para-hydroxylation sites is 1. The first kappa shape index (κ1) is 18.4. The summed E-state index contributed by atoms with van der Waals surface area (Å²) in [4.78, 5) is 27.0. The van der Waals surface area contributed by atoms with Crippen LogP contribution in [-0.4, -0.2) is 17.6 Å². The largest absolute Gasteiger partial charge is 0.459 e. The zero-order chi connectivity index (χ0) is 19.7. The maximum atomic E-state index is 12.7. The van der Waals surface area contributed by atoms with Crippen LogP contribution in [0.2, 0.25) is 0 Å². The zero-order valence-corrected chi connectivity index (χ0v) is 16.5. The molecular formula is C22H20N2O3S. The Labute approximate surface area is 167 Å². The van der Waals surface area contributed by atoms with Crippen molar-refractivity contribution in [3.8, 4) is 0 Å². The molecule has 0 aliphatic carbocycles. The lowest BCUT2D eigenvalue weighted by molar-refractivity contribution is -0.115. The Bertz CT molecular complexity index is 1030. The number of amides is 2. The van der Waals surface area contributed by atoms with Crippen LogP contribution in [0, 0.1) is 13.8 Å². The standard InChI is InChI=1S/C22H20N2O3S/c1-14-9-10-15(2)18(12-14)24-20(25)13-28-22(24)16-6-3-4-7-17(16)23-21(26)19-8-5-11-27-19/h3-12,22H,13H2,1-2H3,(H,23,26). The van der Waals surface area contributed by atoms with Crippen LogP contribution in [0.1, 0.15) is 32.6 Å². The number of carbonyl (C=O) groups excluding carboxylic acids is 2. The highest BCUT2D eigenvalue weighted by atomic mass is 32.2. The first-order chi connectivity index (χ1) is 13.5. The van der Waals surface area contributed by atoms with Crippen LogP contribution in [-0.2, 0) is 4.79 Å². The van der Waals surface area contributed by atoms with Gasteiger partial charge in [-0.2, -0.15) is 0 Å². The van der Waals surface area contributed by atoms with Crippen molar-refractivity contribution in [2.75, 3.05) is 16.0 Å². The van der Waals surface area contributed by atoms with Gasteiger partial charge in [-0.3, -0.25) is 14.5 Å². The van der Waals surface area contributed by atoms with Crippen LogP contribution in [0.15, 0.2) is 65.3 Å². The molecule has 4 rings (SSSR count). The van der Waals surface area contributed by atoms with Gasteiger partial charge in [-0.05, 0) is 49.2 Å². The van der Waals surface area contributed by atoms with E-state index < -0.39 is 0 Å². The third-order valence-electron chi connectivity index (χ3n) is 4.71. The van der Waals surface area contributed by atoms with Gasteiger partial charge in [0.2, 0.25) is 5.91 Å². The topological polar surface area (TPSA) is 62.6 Å². The van der Waals surface area contributed by atoms with Gasteiger partial charge in [0.25, 0.3) is 5.91 Å². The lowest BCUT2D eigenvalue weighted by Crippen LogP contribution is -2.29. The Balaban J connectivity index is 1.71. The number of aryl methyl sites for hydroxylation is 2. The molecule has 142 valence electrons. The van der Waals surface area contributed by atoms with Crippen molar-refractivity contribution in [3.05, 3.63) is 83.3 Å². The molecule has 0 saturated carbocycles. The predicted octanol–water partition coefficient (Wildman–Crippen LogP) is 4.93. The number of furan rings is 1. The Morgan fingerprint density at radius 1 is 1.14 bits per heavy atom. The first-order valence-corrected chi connectivity index (χ1v) is 10.0. The number of thioether (sulfide) groups is 1. The number of nitrogens with zero attached hydrogens (tertiary/aromatic N) is 1. The van der Waals surface area contributed by atoms with Gasteiger partial charge in [0, 0.05) is 16.9 Å². The normalized spacial score (nSPS) is 16.4. The fourth-order valence-corrected chi connectivity index (χ4v) is 4.52. The Kier molecular flexibility index (Phi) is 4.96. The minimum atomic E-state index is -0.315. The summed E-state index contributed by atoms with van der Waals surface area (Å²) in [5.74, 6) is 0.399. The van der Waals surface area contributed by atoms with Crippen LogP contribution >= 0.6 is 11.8 Å². The fraction of sp³-hybridized carbons (Fsp3) is 0.182. The molecule has 1 aliphatic heterocycles. The second-order valence-electron chi connectivity index (χ2n) is 6.74.